The number of piperazine rings is 1. The molecule has 0 bridgehead atoms. The molecule has 2 fully saturated rings. The minimum Gasteiger partial charge on any atom is -0.459 e. The maximum absolute atomic E-state index is 12.6. The molecule has 6 heteroatoms. The molecule has 3 rings (SSSR count). The lowest BCUT2D eigenvalue weighted by Crippen LogP contribution is -2.53. The monoisotopic (exact) mass is 305 g/mol. The third-order valence-corrected chi connectivity index (χ3v) is 4.58. The van der Waals surface area contributed by atoms with Crippen LogP contribution in [0.15, 0.2) is 22.8 Å². The van der Waals surface area contributed by atoms with Crippen molar-refractivity contribution in [3.8, 4) is 0 Å². The Kier molecular flexibility index (Phi) is 4.47. The zero-order valence-electron chi connectivity index (χ0n) is 13.0. The highest BCUT2D eigenvalue weighted by molar-refractivity contribution is 5.91. The first-order valence-electron chi connectivity index (χ1n) is 7.95. The van der Waals surface area contributed by atoms with Crippen LogP contribution < -0.4 is 0 Å². The SMILES string of the molecule is CN1CCCC(C(=O)N2CCN(C(=O)c3ccco3)CC2)C1. The molecule has 2 saturated heterocycles. The van der Waals surface area contributed by atoms with Gasteiger partial charge in [0.05, 0.1) is 12.2 Å². The largest absolute Gasteiger partial charge is 0.459 e. The molecule has 1 unspecified atom stereocenters. The van der Waals surface area contributed by atoms with E-state index in [0.717, 1.165) is 25.9 Å². The van der Waals surface area contributed by atoms with E-state index in [-0.39, 0.29) is 17.7 Å². The standard InChI is InChI=1S/C16H23N3O3/c1-17-6-2-4-13(12-17)15(20)18-7-9-19(10-8-18)16(21)14-5-3-11-22-14/h3,5,11,13H,2,4,6-10,12H2,1H3. The topological polar surface area (TPSA) is 57.0 Å². The highest BCUT2D eigenvalue weighted by Crippen LogP contribution is 2.19. The van der Waals surface area contributed by atoms with Crippen LogP contribution in [0.2, 0.25) is 0 Å². The Bertz CT molecular complexity index is 521. The molecule has 1 aromatic rings. The van der Waals surface area contributed by atoms with Crippen LogP contribution in [0.25, 0.3) is 0 Å². The van der Waals surface area contributed by atoms with Crippen molar-refractivity contribution in [2.45, 2.75) is 12.8 Å². The third kappa shape index (κ3) is 3.16. The summed E-state index contributed by atoms with van der Waals surface area (Å²) in [6.45, 7) is 4.32. The molecule has 2 aliphatic heterocycles. The molecule has 2 aliphatic rings. The first-order chi connectivity index (χ1) is 10.6. The summed E-state index contributed by atoms with van der Waals surface area (Å²) >= 11 is 0. The average Bonchev–Trinajstić information content (AvgIpc) is 3.08. The van der Waals surface area contributed by atoms with Crippen LogP contribution in [0, 0.1) is 5.92 Å². The van der Waals surface area contributed by atoms with Gasteiger partial charge in [-0.1, -0.05) is 0 Å². The molecule has 6 nitrogen and oxygen atoms in total. The zero-order valence-corrected chi connectivity index (χ0v) is 13.0. The van der Waals surface area contributed by atoms with Crippen LogP contribution in [0.4, 0.5) is 0 Å². The van der Waals surface area contributed by atoms with Crippen molar-refractivity contribution >= 4 is 11.8 Å². The zero-order chi connectivity index (χ0) is 15.5. The summed E-state index contributed by atoms with van der Waals surface area (Å²) in [5, 5.41) is 0. The molecule has 120 valence electrons. The minimum atomic E-state index is -0.0884. The van der Waals surface area contributed by atoms with E-state index in [0.29, 0.717) is 31.9 Å². The molecule has 1 atom stereocenters. The van der Waals surface area contributed by atoms with Gasteiger partial charge in [-0.05, 0) is 38.6 Å². The van der Waals surface area contributed by atoms with Crippen LogP contribution in [0.5, 0.6) is 0 Å². The number of carbonyl (C=O) groups is 2. The van der Waals surface area contributed by atoms with Crippen LogP contribution in [0.1, 0.15) is 23.4 Å². The Morgan fingerprint density at radius 3 is 2.50 bits per heavy atom. The van der Waals surface area contributed by atoms with Crippen LogP contribution >= 0.6 is 0 Å². The van der Waals surface area contributed by atoms with Crippen molar-refractivity contribution in [3.63, 3.8) is 0 Å². The number of hydrogen-bond donors (Lipinski definition) is 0. The van der Waals surface area contributed by atoms with Crippen LogP contribution in [0.3, 0.4) is 0 Å². The fourth-order valence-corrected chi connectivity index (χ4v) is 3.31. The quantitative estimate of drug-likeness (QED) is 0.815. The van der Waals surface area contributed by atoms with Crippen molar-refractivity contribution in [3.05, 3.63) is 24.2 Å². The second kappa shape index (κ2) is 6.52. The minimum absolute atomic E-state index is 0.0884. The van der Waals surface area contributed by atoms with E-state index in [2.05, 4.69) is 11.9 Å². The molecule has 0 aromatic carbocycles. The van der Waals surface area contributed by atoms with Gasteiger partial charge in [0.1, 0.15) is 0 Å². The maximum atomic E-state index is 12.6. The highest BCUT2D eigenvalue weighted by atomic mass is 16.3. The molecule has 0 radical (unpaired) electrons. The summed E-state index contributed by atoms with van der Waals surface area (Å²) in [5.74, 6) is 0.644. The lowest BCUT2D eigenvalue weighted by Gasteiger charge is -2.38. The van der Waals surface area contributed by atoms with E-state index in [4.69, 9.17) is 4.42 Å². The fourth-order valence-electron chi connectivity index (χ4n) is 3.31. The van der Waals surface area contributed by atoms with Crippen molar-refractivity contribution < 1.29 is 14.0 Å². The summed E-state index contributed by atoms with van der Waals surface area (Å²) in [4.78, 5) is 30.7. The van der Waals surface area contributed by atoms with E-state index in [9.17, 15) is 9.59 Å². The Morgan fingerprint density at radius 2 is 1.86 bits per heavy atom. The van der Waals surface area contributed by atoms with Crippen molar-refractivity contribution in [1.82, 2.24) is 14.7 Å². The molecule has 2 amide bonds. The Hall–Kier alpha value is -1.82. The number of furan rings is 1. The first kappa shape index (κ1) is 15.1. The number of nitrogens with zero attached hydrogens (tertiary/aromatic N) is 3. The van der Waals surface area contributed by atoms with Gasteiger partial charge in [0.2, 0.25) is 5.91 Å². The lowest BCUT2D eigenvalue weighted by atomic mass is 9.96. The number of likely N-dealkylation sites (tertiary alicyclic amines) is 1. The van der Waals surface area contributed by atoms with Gasteiger partial charge in [0.15, 0.2) is 5.76 Å². The second-order valence-electron chi connectivity index (χ2n) is 6.20. The van der Waals surface area contributed by atoms with Crippen LogP contribution in [-0.4, -0.2) is 72.8 Å². The molecule has 22 heavy (non-hydrogen) atoms. The van der Waals surface area contributed by atoms with Gasteiger partial charge in [-0.15, -0.1) is 0 Å². The molecular weight excluding hydrogens is 282 g/mol. The second-order valence-corrected chi connectivity index (χ2v) is 6.20. The smallest absolute Gasteiger partial charge is 0.289 e. The highest BCUT2D eigenvalue weighted by Gasteiger charge is 2.31. The maximum Gasteiger partial charge on any atom is 0.289 e. The number of hydrogen-bond acceptors (Lipinski definition) is 4. The fraction of sp³-hybridized carbons (Fsp3) is 0.625. The number of carbonyl (C=O) groups excluding carboxylic acids is 2. The predicted octanol–water partition coefficient (Wildman–Crippen LogP) is 0.906. The van der Waals surface area contributed by atoms with Gasteiger partial charge < -0.3 is 19.1 Å². The summed E-state index contributed by atoms with van der Waals surface area (Å²) < 4.78 is 5.15. The van der Waals surface area contributed by atoms with Crippen molar-refractivity contribution in [2.75, 3.05) is 46.3 Å². The third-order valence-electron chi connectivity index (χ3n) is 4.58. The van der Waals surface area contributed by atoms with E-state index in [1.54, 1.807) is 17.0 Å². The summed E-state index contributed by atoms with van der Waals surface area (Å²) in [7, 11) is 2.07. The Labute approximate surface area is 130 Å². The normalized spacial score (nSPS) is 23.6. The Balaban J connectivity index is 1.53. The molecule has 1 aromatic heterocycles. The number of amides is 2. The Morgan fingerprint density at radius 1 is 1.14 bits per heavy atom. The van der Waals surface area contributed by atoms with Gasteiger partial charge in [0, 0.05) is 32.7 Å². The van der Waals surface area contributed by atoms with Gasteiger partial charge in [0.25, 0.3) is 5.91 Å². The average molecular weight is 305 g/mol. The van der Waals surface area contributed by atoms with E-state index in [1.165, 1.54) is 6.26 Å². The van der Waals surface area contributed by atoms with Gasteiger partial charge in [-0.3, -0.25) is 9.59 Å². The van der Waals surface area contributed by atoms with Gasteiger partial charge in [-0.2, -0.15) is 0 Å². The number of rotatable bonds is 2. The predicted molar refractivity (Wildman–Crippen MR) is 81.4 cm³/mol. The molecule has 0 N–H and O–H groups in total. The van der Waals surface area contributed by atoms with E-state index in [1.807, 2.05) is 4.90 Å². The first-order valence-corrected chi connectivity index (χ1v) is 7.95. The molecule has 3 heterocycles. The van der Waals surface area contributed by atoms with E-state index < -0.39 is 0 Å². The van der Waals surface area contributed by atoms with Gasteiger partial charge >= 0.3 is 0 Å². The van der Waals surface area contributed by atoms with E-state index >= 15 is 0 Å². The van der Waals surface area contributed by atoms with Crippen LogP contribution in [-0.2, 0) is 4.79 Å². The molecule has 0 spiro atoms. The molecular formula is C16H23N3O3. The van der Waals surface area contributed by atoms with Crippen molar-refractivity contribution in [2.24, 2.45) is 5.92 Å². The molecule has 0 aliphatic carbocycles. The molecule has 0 saturated carbocycles. The summed E-state index contributed by atoms with van der Waals surface area (Å²) in [6, 6.07) is 3.39. The number of piperidine rings is 1. The van der Waals surface area contributed by atoms with Crippen molar-refractivity contribution in [1.29, 1.82) is 0 Å². The van der Waals surface area contributed by atoms with Gasteiger partial charge in [-0.25, -0.2) is 0 Å². The lowest BCUT2D eigenvalue weighted by molar-refractivity contribution is -0.138. The summed E-state index contributed by atoms with van der Waals surface area (Å²) in [6.07, 6.45) is 3.57. The summed E-state index contributed by atoms with van der Waals surface area (Å²) in [5.41, 5.74) is 0.